The van der Waals surface area contributed by atoms with Crippen molar-refractivity contribution in [3.8, 4) is 5.75 Å². The highest BCUT2D eigenvalue weighted by molar-refractivity contribution is 5.68. The fraction of sp³-hybridized carbons (Fsp3) is 0.667. The van der Waals surface area contributed by atoms with Crippen molar-refractivity contribution in [1.82, 2.24) is 9.88 Å². The molecule has 5 nitrogen and oxygen atoms in total. The highest BCUT2D eigenvalue weighted by atomic mass is 19.4. The maximum Gasteiger partial charge on any atom is 0.433 e. The number of alkyl halides is 3. The van der Waals surface area contributed by atoms with Gasteiger partial charge in [0.15, 0.2) is 0 Å². The van der Waals surface area contributed by atoms with Crippen LogP contribution in [0.1, 0.15) is 46.2 Å². The molecule has 26 heavy (non-hydrogen) atoms. The summed E-state index contributed by atoms with van der Waals surface area (Å²) in [6.07, 6.45) is -2.78. The largest absolute Gasteiger partial charge is 0.489 e. The molecule has 146 valence electrons. The molecule has 0 radical (unpaired) electrons. The van der Waals surface area contributed by atoms with Crippen molar-refractivity contribution in [2.45, 2.75) is 58.9 Å². The lowest BCUT2D eigenvalue weighted by Gasteiger charge is -2.45. The van der Waals surface area contributed by atoms with E-state index in [4.69, 9.17) is 9.47 Å². The zero-order chi connectivity index (χ0) is 19.5. The maximum atomic E-state index is 12.6. The van der Waals surface area contributed by atoms with Gasteiger partial charge in [0.25, 0.3) is 0 Å². The summed E-state index contributed by atoms with van der Waals surface area (Å²) in [4.78, 5) is 17.3. The summed E-state index contributed by atoms with van der Waals surface area (Å²) in [6.45, 7) is 8.64. The fourth-order valence-corrected chi connectivity index (χ4v) is 3.10. The molecule has 1 amide bonds. The lowest BCUT2D eigenvalue weighted by Crippen LogP contribution is -2.54. The van der Waals surface area contributed by atoms with E-state index < -0.39 is 11.9 Å². The van der Waals surface area contributed by atoms with Gasteiger partial charge in [-0.15, -0.1) is 0 Å². The number of likely N-dealkylation sites (tertiary alicyclic amines) is 1. The molecule has 0 aliphatic carbocycles. The Morgan fingerprint density at radius 2 is 2.00 bits per heavy atom. The Balaban J connectivity index is 2.07. The van der Waals surface area contributed by atoms with Crippen molar-refractivity contribution in [3.05, 3.63) is 24.0 Å². The number of ether oxygens (including phenoxy) is 2. The molecule has 0 saturated carbocycles. The number of pyridine rings is 1. The third kappa shape index (κ3) is 5.02. The van der Waals surface area contributed by atoms with Gasteiger partial charge in [-0.1, -0.05) is 20.8 Å². The molecule has 0 bridgehead atoms. The zero-order valence-electron chi connectivity index (χ0n) is 15.5. The van der Waals surface area contributed by atoms with Crippen LogP contribution in [0.3, 0.4) is 0 Å². The van der Waals surface area contributed by atoms with Gasteiger partial charge in [0.05, 0.1) is 12.8 Å². The normalized spacial score (nSPS) is 21.4. The Morgan fingerprint density at radius 3 is 2.50 bits per heavy atom. The Labute approximate surface area is 151 Å². The second-order valence-electron chi connectivity index (χ2n) is 7.42. The number of hydrogen-bond acceptors (Lipinski definition) is 4. The van der Waals surface area contributed by atoms with Crippen molar-refractivity contribution in [2.24, 2.45) is 5.41 Å². The molecule has 0 spiro atoms. The van der Waals surface area contributed by atoms with Gasteiger partial charge in [-0.05, 0) is 24.5 Å². The lowest BCUT2D eigenvalue weighted by atomic mass is 9.80. The van der Waals surface area contributed by atoms with Crippen LogP contribution in [0.15, 0.2) is 18.3 Å². The van der Waals surface area contributed by atoms with E-state index in [1.54, 1.807) is 11.8 Å². The molecule has 1 saturated heterocycles. The monoisotopic (exact) mass is 374 g/mol. The number of carbonyl (C=O) groups excluding carboxylic acids is 1. The Morgan fingerprint density at radius 1 is 1.31 bits per heavy atom. The number of carbonyl (C=O) groups is 1. The summed E-state index contributed by atoms with van der Waals surface area (Å²) in [5.41, 5.74) is -1.14. The molecule has 1 fully saturated rings. The summed E-state index contributed by atoms with van der Waals surface area (Å²) in [5.74, 6) is 0.292. The molecule has 0 aromatic carbocycles. The number of hydrogen-bond donors (Lipinski definition) is 0. The topological polar surface area (TPSA) is 51.7 Å². The number of amides is 1. The average molecular weight is 374 g/mol. The Hall–Kier alpha value is -1.99. The highest BCUT2D eigenvalue weighted by Crippen LogP contribution is 2.34. The quantitative estimate of drug-likeness (QED) is 0.781. The second-order valence-corrected chi connectivity index (χ2v) is 7.42. The third-order valence-electron chi connectivity index (χ3n) is 4.39. The van der Waals surface area contributed by atoms with Crippen molar-refractivity contribution < 1.29 is 27.4 Å². The minimum atomic E-state index is -4.47. The van der Waals surface area contributed by atoms with E-state index in [-0.39, 0.29) is 23.7 Å². The second kappa shape index (κ2) is 7.72. The van der Waals surface area contributed by atoms with E-state index in [1.165, 1.54) is 6.07 Å². The zero-order valence-corrected chi connectivity index (χ0v) is 15.5. The van der Waals surface area contributed by atoms with Gasteiger partial charge in [0.1, 0.15) is 17.5 Å². The van der Waals surface area contributed by atoms with Crippen molar-refractivity contribution in [3.63, 3.8) is 0 Å². The van der Waals surface area contributed by atoms with E-state index in [9.17, 15) is 18.0 Å². The lowest BCUT2D eigenvalue weighted by molar-refractivity contribution is -0.141. The SMILES string of the molecule is CCOC(=O)N1CCC(Oc2ccc(C(F)(F)F)nc2)CC1C(C)(C)C. The number of rotatable bonds is 3. The van der Waals surface area contributed by atoms with Crippen LogP contribution in [-0.2, 0) is 10.9 Å². The molecule has 1 aromatic heterocycles. The van der Waals surface area contributed by atoms with E-state index in [2.05, 4.69) is 4.98 Å². The summed E-state index contributed by atoms with van der Waals surface area (Å²) >= 11 is 0. The minimum Gasteiger partial charge on any atom is -0.489 e. The molecule has 8 heteroatoms. The van der Waals surface area contributed by atoms with Crippen LogP contribution in [0, 0.1) is 5.41 Å². The van der Waals surface area contributed by atoms with Crippen LogP contribution in [0.25, 0.3) is 0 Å². The smallest absolute Gasteiger partial charge is 0.433 e. The standard InChI is InChI=1S/C18H25F3N2O3/c1-5-25-16(24)23-9-8-12(10-15(23)17(2,3)4)26-13-6-7-14(22-11-13)18(19,20)21/h6-7,11-12,15H,5,8-10H2,1-4H3. The molecule has 0 N–H and O–H groups in total. The van der Waals surface area contributed by atoms with Gasteiger partial charge in [-0.3, -0.25) is 0 Å². The Bertz CT molecular complexity index is 612. The van der Waals surface area contributed by atoms with Gasteiger partial charge in [0, 0.05) is 25.4 Å². The molecular formula is C18H25F3N2O3. The number of halogens is 3. The van der Waals surface area contributed by atoms with Crippen LogP contribution in [0.5, 0.6) is 5.75 Å². The summed E-state index contributed by atoms with van der Waals surface area (Å²) in [7, 11) is 0. The fourth-order valence-electron chi connectivity index (χ4n) is 3.10. The van der Waals surface area contributed by atoms with Crippen LogP contribution in [-0.4, -0.2) is 41.3 Å². The van der Waals surface area contributed by atoms with E-state index >= 15 is 0 Å². The van der Waals surface area contributed by atoms with E-state index in [0.717, 1.165) is 12.3 Å². The summed E-state index contributed by atoms with van der Waals surface area (Å²) in [5, 5.41) is 0. The van der Waals surface area contributed by atoms with Gasteiger partial charge < -0.3 is 14.4 Å². The predicted octanol–water partition coefficient (Wildman–Crippen LogP) is 4.51. The van der Waals surface area contributed by atoms with Crippen LogP contribution in [0.2, 0.25) is 0 Å². The van der Waals surface area contributed by atoms with Crippen molar-refractivity contribution >= 4 is 6.09 Å². The first-order valence-electron chi connectivity index (χ1n) is 8.65. The van der Waals surface area contributed by atoms with Crippen molar-refractivity contribution in [1.29, 1.82) is 0 Å². The first kappa shape index (κ1) is 20.3. The van der Waals surface area contributed by atoms with Gasteiger partial charge in [-0.2, -0.15) is 13.2 Å². The average Bonchev–Trinajstić information content (AvgIpc) is 2.54. The Kier molecular flexibility index (Phi) is 6.03. The molecular weight excluding hydrogens is 349 g/mol. The number of piperidine rings is 1. The first-order valence-corrected chi connectivity index (χ1v) is 8.65. The molecule has 2 unspecified atom stereocenters. The molecule has 1 aliphatic heterocycles. The summed E-state index contributed by atoms with van der Waals surface area (Å²) in [6, 6.07) is 2.09. The van der Waals surface area contributed by atoms with Crippen molar-refractivity contribution in [2.75, 3.05) is 13.2 Å². The molecule has 1 aromatic rings. The van der Waals surface area contributed by atoms with Gasteiger partial charge in [-0.25, -0.2) is 9.78 Å². The van der Waals surface area contributed by atoms with Gasteiger partial charge in [0.2, 0.25) is 0 Å². The first-order chi connectivity index (χ1) is 12.0. The number of nitrogens with zero attached hydrogens (tertiary/aromatic N) is 2. The maximum absolute atomic E-state index is 12.6. The molecule has 2 rings (SSSR count). The van der Waals surface area contributed by atoms with E-state index in [1.807, 2.05) is 20.8 Å². The number of aromatic nitrogens is 1. The van der Waals surface area contributed by atoms with E-state index in [0.29, 0.717) is 31.7 Å². The highest BCUT2D eigenvalue weighted by Gasteiger charge is 2.40. The molecule has 2 atom stereocenters. The van der Waals surface area contributed by atoms with Crippen LogP contribution >= 0.6 is 0 Å². The minimum absolute atomic E-state index is 0.0947. The third-order valence-corrected chi connectivity index (χ3v) is 4.39. The molecule has 2 heterocycles. The summed E-state index contributed by atoms with van der Waals surface area (Å²) < 4.78 is 48.7. The predicted molar refractivity (Wildman–Crippen MR) is 89.9 cm³/mol. The van der Waals surface area contributed by atoms with Gasteiger partial charge >= 0.3 is 12.3 Å². The van der Waals surface area contributed by atoms with Crippen LogP contribution < -0.4 is 4.74 Å². The molecule has 1 aliphatic rings. The van der Waals surface area contributed by atoms with Crippen LogP contribution in [0.4, 0.5) is 18.0 Å².